The Balaban J connectivity index is 1.39. The van der Waals surface area contributed by atoms with Crippen LogP contribution in [-0.2, 0) is 12.8 Å². The van der Waals surface area contributed by atoms with Crippen molar-refractivity contribution in [2.75, 3.05) is 6.61 Å². The second-order valence-corrected chi connectivity index (χ2v) is 9.33. The fourth-order valence-electron chi connectivity index (χ4n) is 3.75. The van der Waals surface area contributed by atoms with E-state index in [0.29, 0.717) is 12.0 Å². The maximum absolute atomic E-state index is 12.3. The van der Waals surface area contributed by atoms with Crippen LogP contribution in [0.1, 0.15) is 81.6 Å². The highest BCUT2D eigenvalue weighted by atomic mass is 32.1. The molecule has 4 nitrogen and oxygen atoms in total. The van der Waals surface area contributed by atoms with Gasteiger partial charge in [-0.25, -0.2) is 4.79 Å². The Morgan fingerprint density at radius 1 is 0.903 bits per heavy atom. The molecule has 0 atom stereocenters. The minimum absolute atomic E-state index is 0.0951. The molecule has 3 rings (SSSR count). The van der Waals surface area contributed by atoms with Crippen molar-refractivity contribution in [3.05, 3.63) is 57.3 Å². The first kappa shape index (κ1) is 23.5. The van der Waals surface area contributed by atoms with E-state index >= 15 is 0 Å². The van der Waals surface area contributed by atoms with Gasteiger partial charge in [0.2, 0.25) is 0 Å². The largest absolute Gasteiger partial charge is 0.450 e. The summed E-state index contributed by atoms with van der Waals surface area (Å²) in [6.45, 7) is 2.76. The lowest BCUT2D eigenvalue weighted by molar-refractivity contribution is 0.212. The normalized spacial score (nSPS) is 11.3. The van der Waals surface area contributed by atoms with Crippen LogP contribution in [0.25, 0.3) is 10.2 Å². The van der Waals surface area contributed by atoms with E-state index in [1.807, 2.05) is 12.1 Å². The molecule has 0 aliphatic rings. The molecule has 2 aromatic heterocycles. The zero-order chi connectivity index (χ0) is 21.7. The van der Waals surface area contributed by atoms with Gasteiger partial charge in [-0.15, -0.1) is 11.3 Å². The van der Waals surface area contributed by atoms with Crippen molar-refractivity contribution in [3.63, 3.8) is 0 Å². The second kappa shape index (κ2) is 13.3. The zero-order valence-corrected chi connectivity index (χ0v) is 19.6. The maximum atomic E-state index is 12.3. The predicted octanol–water partition coefficient (Wildman–Crippen LogP) is 7.33. The number of fused-ring (bicyclic) bond motifs is 1. The molecule has 3 aromatic rings. The number of ether oxygens (including phenoxy) is 1. The standard InChI is InChI=1S/C26H35NO3S/c1-2-3-4-5-6-7-8-12-18-22-20-23-24(31-22)27-26(30-25(23)28)29-19-14-13-17-21-15-10-9-11-16-21/h9-11,15-16,20H,2-8,12-14,17-19H2,1H3. The lowest BCUT2D eigenvalue weighted by Crippen LogP contribution is -2.05. The van der Waals surface area contributed by atoms with E-state index in [4.69, 9.17) is 9.15 Å². The molecule has 0 fully saturated rings. The smallest absolute Gasteiger partial charge is 0.397 e. The summed E-state index contributed by atoms with van der Waals surface area (Å²) in [6.07, 6.45) is 14.5. The lowest BCUT2D eigenvalue weighted by Gasteiger charge is -2.03. The van der Waals surface area contributed by atoms with E-state index in [1.54, 1.807) is 11.3 Å². The van der Waals surface area contributed by atoms with Gasteiger partial charge in [-0.2, -0.15) is 4.98 Å². The van der Waals surface area contributed by atoms with Crippen LogP contribution >= 0.6 is 11.3 Å². The van der Waals surface area contributed by atoms with E-state index in [1.165, 1.54) is 55.4 Å². The van der Waals surface area contributed by atoms with E-state index in [2.05, 4.69) is 36.2 Å². The number of unbranched alkanes of at least 4 members (excludes halogenated alkanes) is 8. The monoisotopic (exact) mass is 441 g/mol. The molecule has 0 saturated carbocycles. The minimum Gasteiger partial charge on any atom is -0.450 e. The van der Waals surface area contributed by atoms with E-state index in [9.17, 15) is 4.79 Å². The summed E-state index contributed by atoms with van der Waals surface area (Å²) in [5.41, 5.74) is 0.985. The van der Waals surface area contributed by atoms with Gasteiger partial charge in [-0.3, -0.25) is 0 Å². The molecule has 0 unspecified atom stereocenters. The van der Waals surface area contributed by atoms with Gasteiger partial charge in [0.25, 0.3) is 0 Å². The topological polar surface area (TPSA) is 52.3 Å². The molecular formula is C26H35NO3S. The SMILES string of the molecule is CCCCCCCCCCc1cc2c(=O)oc(OCCCCc3ccccc3)nc2s1. The second-order valence-electron chi connectivity index (χ2n) is 8.21. The maximum Gasteiger partial charge on any atom is 0.397 e. The van der Waals surface area contributed by atoms with Crippen molar-refractivity contribution in [1.82, 2.24) is 4.98 Å². The van der Waals surface area contributed by atoms with Crippen molar-refractivity contribution in [1.29, 1.82) is 0 Å². The minimum atomic E-state index is -0.345. The molecule has 168 valence electrons. The zero-order valence-electron chi connectivity index (χ0n) is 18.7. The van der Waals surface area contributed by atoms with Crippen LogP contribution in [0.4, 0.5) is 0 Å². The van der Waals surface area contributed by atoms with Crippen molar-refractivity contribution in [2.24, 2.45) is 0 Å². The van der Waals surface area contributed by atoms with Crippen LogP contribution in [0.2, 0.25) is 0 Å². The Morgan fingerprint density at radius 3 is 2.39 bits per heavy atom. The summed E-state index contributed by atoms with van der Waals surface area (Å²) >= 11 is 1.59. The molecule has 0 aliphatic heterocycles. The van der Waals surface area contributed by atoms with Crippen molar-refractivity contribution < 1.29 is 9.15 Å². The van der Waals surface area contributed by atoms with Crippen molar-refractivity contribution in [2.45, 2.75) is 84.0 Å². The van der Waals surface area contributed by atoms with Gasteiger partial charge >= 0.3 is 11.7 Å². The van der Waals surface area contributed by atoms with E-state index in [-0.39, 0.29) is 11.7 Å². The Labute approximate surface area is 189 Å². The van der Waals surface area contributed by atoms with Crippen LogP contribution in [0.15, 0.2) is 45.6 Å². The third-order valence-electron chi connectivity index (χ3n) is 5.56. The number of aryl methyl sites for hydroxylation is 2. The molecule has 0 amide bonds. The summed E-state index contributed by atoms with van der Waals surface area (Å²) in [7, 11) is 0. The molecule has 0 saturated heterocycles. The Morgan fingerprint density at radius 2 is 1.61 bits per heavy atom. The third kappa shape index (κ3) is 8.13. The lowest BCUT2D eigenvalue weighted by atomic mass is 10.1. The van der Waals surface area contributed by atoms with E-state index < -0.39 is 0 Å². The third-order valence-corrected chi connectivity index (χ3v) is 6.65. The molecule has 31 heavy (non-hydrogen) atoms. The fourth-order valence-corrected chi connectivity index (χ4v) is 4.80. The first-order chi connectivity index (χ1) is 15.3. The van der Waals surface area contributed by atoms with Crippen molar-refractivity contribution >= 4 is 21.6 Å². The Kier molecular flexibility index (Phi) is 10.1. The number of rotatable bonds is 15. The average Bonchev–Trinajstić information content (AvgIpc) is 3.20. The highest BCUT2D eigenvalue weighted by Crippen LogP contribution is 2.25. The van der Waals surface area contributed by atoms with Gasteiger partial charge in [0.1, 0.15) is 4.83 Å². The van der Waals surface area contributed by atoms with Gasteiger partial charge in [-0.1, -0.05) is 82.2 Å². The van der Waals surface area contributed by atoms with Crippen LogP contribution in [0.3, 0.4) is 0 Å². The van der Waals surface area contributed by atoms with Gasteiger partial charge in [0, 0.05) is 4.88 Å². The Hall–Kier alpha value is -2.14. The molecule has 0 radical (unpaired) electrons. The van der Waals surface area contributed by atoms with Gasteiger partial charge in [0.15, 0.2) is 0 Å². The number of hydrogen-bond donors (Lipinski definition) is 0. The summed E-state index contributed by atoms with van der Waals surface area (Å²) in [6, 6.07) is 12.4. The fraction of sp³-hybridized carbons (Fsp3) is 0.538. The highest BCUT2D eigenvalue weighted by molar-refractivity contribution is 7.18. The summed E-state index contributed by atoms with van der Waals surface area (Å²) < 4.78 is 10.9. The van der Waals surface area contributed by atoms with Crippen LogP contribution < -0.4 is 10.4 Å². The first-order valence-electron chi connectivity index (χ1n) is 11.9. The summed E-state index contributed by atoms with van der Waals surface area (Å²) in [5.74, 6) is 0. The van der Waals surface area contributed by atoms with Crippen molar-refractivity contribution in [3.8, 4) is 6.08 Å². The Bertz CT molecular complexity index is 948. The first-order valence-corrected chi connectivity index (χ1v) is 12.7. The molecule has 0 N–H and O–H groups in total. The van der Waals surface area contributed by atoms with Gasteiger partial charge in [-0.05, 0) is 43.7 Å². The summed E-state index contributed by atoms with van der Waals surface area (Å²) in [5, 5.41) is 0.580. The van der Waals surface area contributed by atoms with Crippen LogP contribution in [0.5, 0.6) is 6.08 Å². The molecule has 2 heterocycles. The molecular weight excluding hydrogens is 406 g/mol. The number of benzene rings is 1. The quantitative estimate of drug-likeness (QED) is 0.232. The highest BCUT2D eigenvalue weighted by Gasteiger charge is 2.11. The van der Waals surface area contributed by atoms with Gasteiger partial charge in [0.05, 0.1) is 12.0 Å². The average molecular weight is 442 g/mol. The van der Waals surface area contributed by atoms with Gasteiger partial charge < -0.3 is 9.15 Å². The molecule has 0 aliphatic carbocycles. The molecule has 5 heteroatoms. The number of hydrogen-bond acceptors (Lipinski definition) is 5. The van der Waals surface area contributed by atoms with E-state index in [0.717, 1.165) is 36.9 Å². The number of nitrogens with zero attached hydrogens (tertiary/aromatic N) is 1. The van der Waals surface area contributed by atoms with Crippen LogP contribution in [0, 0.1) is 0 Å². The summed E-state index contributed by atoms with van der Waals surface area (Å²) in [4.78, 5) is 18.7. The molecule has 1 aromatic carbocycles. The molecule has 0 spiro atoms. The number of aromatic nitrogens is 1. The van der Waals surface area contributed by atoms with Crippen LogP contribution in [-0.4, -0.2) is 11.6 Å². The number of thiophene rings is 1. The predicted molar refractivity (Wildman–Crippen MR) is 129 cm³/mol. The molecule has 0 bridgehead atoms.